The molecule has 2 aromatic carbocycles. The maximum Gasteiger partial charge on any atom is 0.379 e. The van der Waals surface area contributed by atoms with Crippen LogP contribution >= 0.6 is 0 Å². The van der Waals surface area contributed by atoms with E-state index < -0.39 is 59.0 Å². The summed E-state index contributed by atoms with van der Waals surface area (Å²) in [4.78, 5) is 35.3. The van der Waals surface area contributed by atoms with Crippen LogP contribution in [0.4, 0.5) is 22.0 Å². The number of benzene rings is 2. The number of Topliss-reactive ketones (excluding diaryl/α,β-unsaturated/α-hetero) is 1. The van der Waals surface area contributed by atoms with Gasteiger partial charge in [0.15, 0.2) is 0 Å². The van der Waals surface area contributed by atoms with Crippen LogP contribution < -0.4 is 4.74 Å². The van der Waals surface area contributed by atoms with Gasteiger partial charge in [0.1, 0.15) is 6.61 Å². The van der Waals surface area contributed by atoms with Crippen LogP contribution in [0, 0.1) is 29.1 Å². The summed E-state index contributed by atoms with van der Waals surface area (Å²) in [5.74, 6) is -15.8. The van der Waals surface area contributed by atoms with Gasteiger partial charge >= 0.3 is 11.9 Å². The second-order valence-corrected chi connectivity index (χ2v) is 11.1. The van der Waals surface area contributed by atoms with Gasteiger partial charge in [-0.2, -0.15) is 8.78 Å². The zero-order valence-electron chi connectivity index (χ0n) is 31.5. The first kappa shape index (κ1) is 49.4. The van der Waals surface area contributed by atoms with Gasteiger partial charge in [0.2, 0.25) is 34.8 Å². The highest BCUT2D eigenvalue weighted by Crippen LogP contribution is 2.29. The second kappa shape index (κ2) is 32.3. The lowest BCUT2D eigenvalue weighted by Crippen LogP contribution is -2.20. The molecule has 57 heavy (non-hydrogen) atoms. The molecule has 0 amide bonds. The zero-order chi connectivity index (χ0) is 41.4. The van der Waals surface area contributed by atoms with E-state index in [1.807, 2.05) is 0 Å². The maximum atomic E-state index is 13.6. The lowest BCUT2D eigenvalue weighted by Gasteiger charge is -2.09. The van der Waals surface area contributed by atoms with Crippen molar-refractivity contribution < 1.29 is 93.2 Å². The molecule has 0 aliphatic rings. The molecule has 0 fully saturated rings. The summed E-state index contributed by atoms with van der Waals surface area (Å²) >= 11 is 0. The molecule has 0 aromatic heterocycles. The van der Waals surface area contributed by atoms with Crippen LogP contribution in [0.2, 0.25) is 0 Å². The first-order valence-electron chi connectivity index (χ1n) is 18.0. The maximum absolute atomic E-state index is 13.6. The third kappa shape index (κ3) is 22.7. The molecule has 0 saturated carbocycles. The first-order chi connectivity index (χ1) is 27.7. The van der Waals surface area contributed by atoms with Crippen LogP contribution in [0.3, 0.4) is 0 Å². The fourth-order valence-electron chi connectivity index (χ4n) is 4.04. The average molecular weight is 829 g/mol. The van der Waals surface area contributed by atoms with Gasteiger partial charge in [0.25, 0.3) is 5.78 Å². The van der Waals surface area contributed by atoms with Gasteiger partial charge in [-0.15, -0.1) is 0 Å². The van der Waals surface area contributed by atoms with Crippen molar-refractivity contribution in [1.29, 1.82) is 0 Å². The molecule has 0 unspecified atom stereocenters. The number of esters is 2. The number of halogens is 5. The average Bonchev–Trinajstić information content (AvgIpc) is 3.22. The normalized spacial score (nSPS) is 11.2. The van der Waals surface area contributed by atoms with Crippen molar-refractivity contribution in [3.8, 4) is 5.75 Å². The zero-order valence-corrected chi connectivity index (χ0v) is 31.5. The molecule has 0 heterocycles. The SMILES string of the molecule is O=C(CCOCCOCCOCCOCCOCCOCCOCCOCCOCCOCCOC(=O)C(=O)c1ccccc1)Oc1c(F)c(F)c(F)c(F)c1F. The van der Waals surface area contributed by atoms with Gasteiger partial charge in [0.05, 0.1) is 139 Å². The van der Waals surface area contributed by atoms with Crippen LogP contribution in [-0.2, 0) is 61.7 Å². The number of ketones is 1. The number of hydrogen-bond donors (Lipinski definition) is 0. The van der Waals surface area contributed by atoms with E-state index in [0.29, 0.717) is 99.1 Å². The third-order valence-electron chi connectivity index (χ3n) is 6.87. The van der Waals surface area contributed by atoms with E-state index in [0.717, 1.165) is 0 Å². The van der Waals surface area contributed by atoms with E-state index >= 15 is 0 Å². The van der Waals surface area contributed by atoms with Crippen molar-refractivity contribution in [3.05, 3.63) is 65.0 Å². The Morgan fingerprint density at radius 3 is 1.04 bits per heavy atom. The van der Waals surface area contributed by atoms with Crippen LogP contribution in [-0.4, -0.2) is 156 Å². The molecule has 20 heteroatoms. The molecule has 0 bridgehead atoms. The molecule has 322 valence electrons. The topological polar surface area (TPSA) is 162 Å². The predicted molar refractivity (Wildman–Crippen MR) is 186 cm³/mol. The van der Waals surface area contributed by atoms with Gasteiger partial charge in [-0.3, -0.25) is 9.59 Å². The molecule has 2 rings (SSSR count). The van der Waals surface area contributed by atoms with E-state index in [1.54, 1.807) is 30.3 Å². The molecular formula is C37H49F5O15. The molecule has 0 spiro atoms. The summed E-state index contributed by atoms with van der Waals surface area (Å²) < 4.78 is 129. The van der Waals surface area contributed by atoms with Crippen molar-refractivity contribution in [2.24, 2.45) is 0 Å². The first-order valence-corrected chi connectivity index (χ1v) is 18.0. The van der Waals surface area contributed by atoms with Gasteiger partial charge < -0.3 is 56.8 Å². The standard InChI is InChI=1S/C37H49F5O15/c38-30-31(39)33(41)36(34(42)32(30)40)57-29(43)6-7-46-8-9-47-10-11-48-12-13-49-14-15-50-16-17-51-18-19-52-20-21-53-22-23-54-24-25-55-26-27-56-37(45)35(44)28-4-2-1-3-5-28/h1-5H,6-27H2. The summed E-state index contributed by atoms with van der Waals surface area (Å²) in [6.07, 6.45) is -0.497. The summed E-state index contributed by atoms with van der Waals surface area (Å²) in [5.41, 5.74) is 0.274. The van der Waals surface area contributed by atoms with Gasteiger partial charge in [-0.1, -0.05) is 30.3 Å². The largest absolute Gasteiger partial charge is 0.457 e. The van der Waals surface area contributed by atoms with E-state index in [4.69, 9.17) is 52.1 Å². The second-order valence-electron chi connectivity index (χ2n) is 11.1. The van der Waals surface area contributed by atoms with Crippen molar-refractivity contribution in [1.82, 2.24) is 0 Å². The van der Waals surface area contributed by atoms with E-state index in [-0.39, 0.29) is 45.2 Å². The summed E-state index contributed by atoms with van der Waals surface area (Å²) in [5, 5.41) is 0. The predicted octanol–water partition coefficient (Wildman–Crippen LogP) is 3.27. The summed E-state index contributed by atoms with van der Waals surface area (Å²) in [7, 11) is 0. The number of ether oxygens (including phenoxy) is 12. The van der Waals surface area contributed by atoms with Crippen molar-refractivity contribution in [2.45, 2.75) is 6.42 Å². The molecule has 2 aromatic rings. The van der Waals surface area contributed by atoms with Crippen molar-refractivity contribution in [3.63, 3.8) is 0 Å². The minimum absolute atomic E-state index is 0.0299. The van der Waals surface area contributed by atoms with Crippen LogP contribution in [0.25, 0.3) is 0 Å². The highest BCUT2D eigenvalue weighted by atomic mass is 19.2. The molecule has 0 saturated heterocycles. The van der Waals surface area contributed by atoms with E-state index in [1.165, 1.54) is 0 Å². The minimum atomic E-state index is -2.35. The summed E-state index contributed by atoms with van der Waals surface area (Å²) in [6, 6.07) is 8.17. The molecular weight excluding hydrogens is 779 g/mol. The molecule has 0 aliphatic heterocycles. The number of hydrogen-bond acceptors (Lipinski definition) is 15. The third-order valence-corrected chi connectivity index (χ3v) is 6.87. The van der Waals surface area contributed by atoms with Gasteiger partial charge in [-0.25, -0.2) is 18.0 Å². The van der Waals surface area contributed by atoms with E-state index in [2.05, 4.69) is 4.74 Å². The van der Waals surface area contributed by atoms with Gasteiger partial charge in [-0.05, 0) is 0 Å². The Hall–Kier alpha value is -3.70. The summed E-state index contributed by atoms with van der Waals surface area (Å²) in [6.45, 7) is 6.03. The Bertz CT molecular complexity index is 1380. The lowest BCUT2D eigenvalue weighted by atomic mass is 10.1. The monoisotopic (exact) mass is 828 g/mol. The molecule has 15 nitrogen and oxygen atoms in total. The molecule has 0 N–H and O–H groups in total. The quantitative estimate of drug-likeness (QED) is 0.0144. The highest BCUT2D eigenvalue weighted by Gasteiger charge is 2.28. The smallest absolute Gasteiger partial charge is 0.379 e. The molecule has 0 radical (unpaired) electrons. The number of rotatable bonds is 36. The Balaban J connectivity index is 1.21. The Morgan fingerprint density at radius 1 is 0.386 bits per heavy atom. The highest BCUT2D eigenvalue weighted by molar-refractivity contribution is 6.40. The Morgan fingerprint density at radius 2 is 0.684 bits per heavy atom. The minimum Gasteiger partial charge on any atom is -0.457 e. The van der Waals surface area contributed by atoms with E-state index in [9.17, 15) is 36.3 Å². The van der Waals surface area contributed by atoms with Gasteiger partial charge in [0, 0.05) is 5.56 Å². The van der Waals surface area contributed by atoms with Crippen LogP contribution in [0.5, 0.6) is 5.75 Å². The van der Waals surface area contributed by atoms with Crippen LogP contribution in [0.15, 0.2) is 30.3 Å². The lowest BCUT2D eigenvalue weighted by molar-refractivity contribution is -0.139. The fraction of sp³-hybridized carbons (Fsp3) is 0.595. The number of carbonyl (C=O) groups is 3. The molecule has 0 atom stereocenters. The van der Waals surface area contributed by atoms with Crippen molar-refractivity contribution >= 4 is 17.7 Å². The Kier molecular flexibility index (Phi) is 28.0. The number of carbonyl (C=O) groups excluding carboxylic acids is 3. The van der Waals surface area contributed by atoms with Crippen molar-refractivity contribution in [2.75, 3.05) is 139 Å². The fourth-order valence-corrected chi connectivity index (χ4v) is 4.04. The Labute approximate surface area is 326 Å². The molecule has 0 aliphatic carbocycles. The van der Waals surface area contributed by atoms with Crippen LogP contribution in [0.1, 0.15) is 16.8 Å².